The van der Waals surface area contributed by atoms with E-state index in [0.717, 1.165) is 55.4 Å². The lowest BCUT2D eigenvalue weighted by atomic mass is 10.2. The van der Waals surface area contributed by atoms with Crippen LogP contribution in [0.5, 0.6) is 11.5 Å². The SMILES string of the molecule is C=O.CN(C)CCN(CCN(C)C)c1cccc(SN)c1Oc1ccccc1.CO. The number of anilines is 1. The zero-order chi connectivity index (χ0) is 22.9. The van der Waals surface area contributed by atoms with Crippen molar-refractivity contribution >= 4 is 24.4 Å². The Bertz CT molecular complexity index is 675. The van der Waals surface area contributed by atoms with Crippen molar-refractivity contribution in [2.45, 2.75) is 4.90 Å². The molecule has 0 radical (unpaired) electrons. The van der Waals surface area contributed by atoms with E-state index >= 15 is 0 Å². The van der Waals surface area contributed by atoms with Crippen molar-refractivity contribution in [2.75, 3.05) is 66.4 Å². The molecule has 0 aliphatic carbocycles. The number of aliphatic hydroxyl groups is 1. The third-order valence-electron chi connectivity index (χ3n) is 4.02. The van der Waals surface area contributed by atoms with Crippen molar-refractivity contribution in [1.29, 1.82) is 0 Å². The van der Waals surface area contributed by atoms with Crippen LogP contribution in [0.15, 0.2) is 53.4 Å². The highest BCUT2D eigenvalue weighted by Crippen LogP contribution is 2.39. The van der Waals surface area contributed by atoms with Gasteiger partial charge in [0.1, 0.15) is 12.5 Å². The second-order valence-electron chi connectivity index (χ2n) is 6.73. The quantitative estimate of drug-likeness (QED) is 0.550. The number of carbonyl (C=O) groups excluding carboxylic acids is 1. The molecule has 7 nitrogen and oxygen atoms in total. The summed E-state index contributed by atoms with van der Waals surface area (Å²) in [6.45, 7) is 5.78. The maximum atomic E-state index is 8.00. The van der Waals surface area contributed by atoms with Crippen LogP contribution in [0.1, 0.15) is 0 Å². The largest absolute Gasteiger partial charge is 0.454 e. The van der Waals surface area contributed by atoms with Gasteiger partial charge in [0.05, 0.1) is 10.6 Å². The minimum absolute atomic E-state index is 0.815. The lowest BCUT2D eigenvalue weighted by molar-refractivity contribution is -0.0979. The summed E-state index contributed by atoms with van der Waals surface area (Å²) >= 11 is 1.22. The van der Waals surface area contributed by atoms with Gasteiger partial charge in [0.15, 0.2) is 5.75 Å². The topological polar surface area (TPSA) is 82.3 Å². The number of nitrogens with zero attached hydrogens (tertiary/aromatic N) is 3. The summed E-state index contributed by atoms with van der Waals surface area (Å²) < 4.78 is 6.26. The predicted molar refractivity (Wildman–Crippen MR) is 128 cm³/mol. The van der Waals surface area contributed by atoms with E-state index in [4.69, 9.17) is 19.8 Å². The Balaban J connectivity index is 0.00000198. The van der Waals surface area contributed by atoms with Gasteiger partial charge in [0, 0.05) is 33.3 Å². The second-order valence-corrected chi connectivity index (χ2v) is 7.41. The summed E-state index contributed by atoms with van der Waals surface area (Å²) in [5.41, 5.74) is 1.08. The van der Waals surface area contributed by atoms with Crippen LogP contribution >= 0.6 is 11.9 Å². The summed E-state index contributed by atoms with van der Waals surface area (Å²) in [4.78, 5) is 15.7. The minimum Gasteiger partial charge on any atom is -0.454 e. The highest BCUT2D eigenvalue weighted by molar-refractivity contribution is 7.97. The van der Waals surface area contributed by atoms with E-state index in [1.165, 1.54) is 11.9 Å². The first-order valence-electron chi connectivity index (χ1n) is 9.52. The molecular weight excluding hydrogens is 400 g/mol. The molecule has 0 unspecified atom stereocenters. The number of likely N-dealkylation sites (N-methyl/N-ethyl adjacent to an activating group) is 2. The molecule has 0 aromatic heterocycles. The van der Waals surface area contributed by atoms with Crippen LogP contribution < -0.4 is 14.8 Å². The zero-order valence-corrected chi connectivity index (χ0v) is 19.6. The fourth-order valence-electron chi connectivity index (χ4n) is 2.55. The van der Waals surface area contributed by atoms with Gasteiger partial charge in [-0.3, -0.25) is 5.14 Å². The van der Waals surface area contributed by atoms with Crippen molar-refractivity contribution in [2.24, 2.45) is 5.14 Å². The van der Waals surface area contributed by atoms with Crippen molar-refractivity contribution in [3.05, 3.63) is 48.5 Å². The van der Waals surface area contributed by atoms with Gasteiger partial charge < -0.3 is 29.3 Å². The first-order valence-corrected chi connectivity index (χ1v) is 10.4. The number of ether oxygens (including phenoxy) is 1. The van der Waals surface area contributed by atoms with Crippen LogP contribution in [0.25, 0.3) is 0 Å². The molecule has 2 rings (SSSR count). The molecule has 0 atom stereocenters. The van der Waals surface area contributed by atoms with Crippen LogP contribution in [0.3, 0.4) is 0 Å². The van der Waals surface area contributed by atoms with Crippen LogP contribution in [-0.4, -0.2) is 83.2 Å². The standard InChI is InChI=1S/C20H30N4OS.CH4O.CH2O/c1-22(2)13-15-24(16-14-23(3)4)18-11-8-12-19(26-21)20(18)25-17-9-6-5-7-10-17;2*1-2/h5-12H,13-16,21H2,1-4H3;2H,1H3;1H2. The summed E-state index contributed by atoms with van der Waals surface area (Å²) in [6, 6.07) is 16.0. The Labute approximate surface area is 185 Å². The molecule has 0 fully saturated rings. The van der Waals surface area contributed by atoms with E-state index < -0.39 is 0 Å². The first kappa shape index (κ1) is 27.9. The Morgan fingerprint density at radius 3 is 1.87 bits per heavy atom. The number of rotatable bonds is 10. The number of aliphatic hydroxyl groups excluding tert-OH is 1. The molecule has 0 heterocycles. The Morgan fingerprint density at radius 1 is 0.867 bits per heavy atom. The lowest BCUT2D eigenvalue weighted by Crippen LogP contribution is -2.36. The molecule has 0 amide bonds. The third kappa shape index (κ3) is 10.1. The van der Waals surface area contributed by atoms with Gasteiger partial charge in [-0.1, -0.05) is 24.3 Å². The average Bonchev–Trinajstić information content (AvgIpc) is 2.77. The smallest absolute Gasteiger partial charge is 0.165 e. The minimum atomic E-state index is 0.815. The van der Waals surface area contributed by atoms with E-state index in [9.17, 15) is 0 Å². The molecule has 0 aliphatic rings. The molecular formula is C22H36N4O3S. The van der Waals surface area contributed by atoms with Gasteiger partial charge in [0.2, 0.25) is 0 Å². The number of benzene rings is 2. The van der Waals surface area contributed by atoms with Crippen LogP contribution in [-0.2, 0) is 4.79 Å². The van der Waals surface area contributed by atoms with Crippen molar-refractivity contribution < 1.29 is 14.6 Å². The predicted octanol–water partition coefficient (Wildman–Crippen LogP) is 2.80. The molecule has 0 saturated heterocycles. The van der Waals surface area contributed by atoms with Gasteiger partial charge in [-0.05, 0) is 64.4 Å². The monoisotopic (exact) mass is 436 g/mol. The van der Waals surface area contributed by atoms with Gasteiger partial charge >= 0.3 is 0 Å². The lowest BCUT2D eigenvalue weighted by Gasteiger charge is -2.30. The highest BCUT2D eigenvalue weighted by atomic mass is 32.2. The average molecular weight is 437 g/mol. The van der Waals surface area contributed by atoms with Crippen molar-refractivity contribution in [3.8, 4) is 11.5 Å². The molecule has 2 aromatic carbocycles. The molecule has 8 heteroatoms. The molecule has 3 N–H and O–H groups in total. The highest BCUT2D eigenvalue weighted by Gasteiger charge is 2.17. The maximum absolute atomic E-state index is 8.00. The van der Waals surface area contributed by atoms with E-state index in [-0.39, 0.29) is 0 Å². The number of para-hydroxylation sites is 2. The van der Waals surface area contributed by atoms with Crippen LogP contribution in [0, 0.1) is 0 Å². The zero-order valence-electron chi connectivity index (χ0n) is 18.7. The molecule has 0 aliphatic heterocycles. The Kier molecular flexibility index (Phi) is 15.5. The third-order valence-corrected chi connectivity index (χ3v) is 4.60. The molecule has 168 valence electrons. The van der Waals surface area contributed by atoms with E-state index in [1.807, 2.05) is 49.3 Å². The number of carbonyl (C=O) groups is 1. The number of hydrogen-bond donors (Lipinski definition) is 2. The fourth-order valence-corrected chi connectivity index (χ4v) is 2.96. The first-order chi connectivity index (χ1) is 14.5. The van der Waals surface area contributed by atoms with E-state index in [1.54, 1.807) is 0 Å². The summed E-state index contributed by atoms with van der Waals surface area (Å²) in [5, 5.41) is 12.9. The second kappa shape index (κ2) is 16.7. The van der Waals surface area contributed by atoms with Gasteiger partial charge in [0.25, 0.3) is 0 Å². The summed E-state index contributed by atoms with van der Waals surface area (Å²) in [6.07, 6.45) is 0. The Hall–Kier alpha value is -2.10. The van der Waals surface area contributed by atoms with Gasteiger partial charge in [-0.15, -0.1) is 0 Å². The van der Waals surface area contributed by atoms with Gasteiger partial charge in [-0.2, -0.15) is 0 Å². The van der Waals surface area contributed by atoms with E-state index in [2.05, 4.69) is 49.0 Å². The normalized spacial score (nSPS) is 10.0. The molecule has 2 aromatic rings. The molecule has 0 spiro atoms. The van der Waals surface area contributed by atoms with E-state index in [0.29, 0.717) is 0 Å². The molecule has 30 heavy (non-hydrogen) atoms. The number of hydrogen-bond acceptors (Lipinski definition) is 8. The summed E-state index contributed by atoms with van der Waals surface area (Å²) in [7, 11) is 9.38. The molecule has 0 saturated carbocycles. The van der Waals surface area contributed by atoms with Crippen LogP contribution in [0.4, 0.5) is 5.69 Å². The number of nitrogens with two attached hydrogens (primary N) is 1. The van der Waals surface area contributed by atoms with Crippen molar-refractivity contribution in [1.82, 2.24) is 9.80 Å². The summed E-state index contributed by atoms with van der Waals surface area (Å²) in [5.74, 6) is 1.64. The van der Waals surface area contributed by atoms with Crippen LogP contribution in [0.2, 0.25) is 0 Å². The molecule has 0 bridgehead atoms. The Morgan fingerprint density at radius 2 is 1.40 bits per heavy atom. The fraction of sp³-hybridized carbons (Fsp3) is 0.409. The van der Waals surface area contributed by atoms with Gasteiger partial charge in [-0.25, -0.2) is 0 Å². The maximum Gasteiger partial charge on any atom is 0.165 e. The van der Waals surface area contributed by atoms with Crippen molar-refractivity contribution in [3.63, 3.8) is 0 Å².